The van der Waals surface area contributed by atoms with Crippen LogP contribution in [0.2, 0.25) is 0 Å². The maximum atomic E-state index is 11.0. The van der Waals surface area contributed by atoms with Gasteiger partial charge >= 0.3 is 5.97 Å². The van der Waals surface area contributed by atoms with Crippen molar-refractivity contribution >= 4 is 33.3 Å². The Balaban J connectivity index is 3.01. The van der Waals surface area contributed by atoms with Gasteiger partial charge in [0, 0.05) is 10.5 Å². The second-order valence-corrected chi connectivity index (χ2v) is 4.66. The molecule has 0 aromatic heterocycles. The Bertz CT molecular complexity index is 464. The fourth-order valence-electron chi connectivity index (χ4n) is 1.51. The Morgan fingerprint density at radius 2 is 2.28 bits per heavy atom. The summed E-state index contributed by atoms with van der Waals surface area (Å²) in [6.07, 6.45) is 1.08. The van der Waals surface area contributed by atoms with Crippen LogP contribution in [0.4, 0.5) is 11.4 Å². The number of nitro benzene ring substituents is 1. The second-order valence-electron chi connectivity index (χ2n) is 3.74. The third kappa shape index (κ3) is 3.69. The van der Waals surface area contributed by atoms with Gasteiger partial charge in [-0.05, 0) is 18.6 Å². The molecule has 0 bridgehead atoms. The lowest BCUT2D eigenvalue weighted by Gasteiger charge is -2.14. The smallest absolute Gasteiger partial charge is 0.326 e. The normalized spacial score (nSPS) is 11.9. The number of hydrogen-bond acceptors (Lipinski definition) is 4. The zero-order valence-corrected chi connectivity index (χ0v) is 11.3. The van der Waals surface area contributed by atoms with Crippen LogP contribution in [0.15, 0.2) is 22.7 Å². The van der Waals surface area contributed by atoms with Crippen LogP contribution in [0.3, 0.4) is 0 Å². The van der Waals surface area contributed by atoms with Crippen molar-refractivity contribution in [3.8, 4) is 0 Å². The topological polar surface area (TPSA) is 92.5 Å². The summed E-state index contributed by atoms with van der Waals surface area (Å²) in [7, 11) is 0. The van der Waals surface area contributed by atoms with Crippen molar-refractivity contribution in [3.05, 3.63) is 32.8 Å². The summed E-state index contributed by atoms with van der Waals surface area (Å²) in [6, 6.07) is 3.64. The third-order valence-corrected chi connectivity index (χ3v) is 2.85. The highest BCUT2D eigenvalue weighted by Crippen LogP contribution is 2.28. The van der Waals surface area contributed by atoms with E-state index in [2.05, 4.69) is 21.2 Å². The van der Waals surface area contributed by atoms with Crippen LogP contribution in [0.1, 0.15) is 19.8 Å². The van der Waals surface area contributed by atoms with Gasteiger partial charge in [0.25, 0.3) is 5.69 Å². The molecule has 0 fully saturated rings. The largest absolute Gasteiger partial charge is 0.480 e. The Hall–Kier alpha value is -1.63. The Morgan fingerprint density at radius 1 is 1.61 bits per heavy atom. The molecular weight excluding hydrogens is 304 g/mol. The number of halogens is 1. The van der Waals surface area contributed by atoms with Crippen LogP contribution < -0.4 is 5.32 Å². The van der Waals surface area contributed by atoms with Gasteiger partial charge in [0.05, 0.1) is 4.92 Å². The van der Waals surface area contributed by atoms with E-state index in [-0.39, 0.29) is 11.4 Å². The van der Waals surface area contributed by atoms with E-state index < -0.39 is 16.9 Å². The zero-order valence-electron chi connectivity index (χ0n) is 9.72. The Kier molecular flexibility index (Phi) is 5.08. The van der Waals surface area contributed by atoms with Crippen LogP contribution in [0, 0.1) is 10.1 Å². The number of nitrogens with one attached hydrogen (secondary N) is 1. The van der Waals surface area contributed by atoms with Crippen LogP contribution in [0.5, 0.6) is 0 Å². The molecule has 0 aliphatic rings. The maximum absolute atomic E-state index is 11.0. The highest BCUT2D eigenvalue weighted by molar-refractivity contribution is 9.10. The fraction of sp³-hybridized carbons (Fsp3) is 0.364. The van der Waals surface area contributed by atoms with Crippen molar-refractivity contribution in [3.63, 3.8) is 0 Å². The second kappa shape index (κ2) is 6.34. The number of carboxylic acid groups (broad SMARTS) is 1. The molecule has 1 atom stereocenters. The number of nitro groups is 1. The van der Waals surface area contributed by atoms with Crippen LogP contribution in [-0.2, 0) is 4.79 Å². The number of aliphatic carboxylic acids is 1. The molecule has 1 rings (SSSR count). The summed E-state index contributed by atoms with van der Waals surface area (Å²) < 4.78 is 0.571. The van der Waals surface area contributed by atoms with Gasteiger partial charge in [-0.3, -0.25) is 10.1 Å². The van der Waals surface area contributed by atoms with Crippen molar-refractivity contribution in [2.75, 3.05) is 5.32 Å². The minimum absolute atomic E-state index is 0.147. The maximum Gasteiger partial charge on any atom is 0.326 e. The lowest BCUT2D eigenvalue weighted by atomic mass is 10.1. The molecule has 1 aromatic rings. The number of hydrogen-bond donors (Lipinski definition) is 2. The summed E-state index contributed by atoms with van der Waals surface area (Å²) in [5, 5.41) is 22.6. The lowest BCUT2D eigenvalue weighted by molar-refractivity contribution is -0.384. The first-order chi connectivity index (χ1) is 8.45. The van der Waals surface area contributed by atoms with E-state index in [0.717, 1.165) is 0 Å². The number of anilines is 1. The van der Waals surface area contributed by atoms with Crippen LogP contribution in [-0.4, -0.2) is 22.0 Å². The molecule has 0 saturated carbocycles. The number of rotatable bonds is 6. The van der Waals surface area contributed by atoms with E-state index in [4.69, 9.17) is 5.11 Å². The average Bonchev–Trinajstić information content (AvgIpc) is 2.30. The highest BCUT2D eigenvalue weighted by Gasteiger charge is 2.21. The molecule has 1 aromatic carbocycles. The molecule has 98 valence electrons. The van der Waals surface area contributed by atoms with E-state index in [1.54, 1.807) is 6.07 Å². The first-order valence-electron chi connectivity index (χ1n) is 5.39. The fourth-order valence-corrected chi connectivity index (χ4v) is 1.86. The van der Waals surface area contributed by atoms with Gasteiger partial charge in [-0.2, -0.15) is 0 Å². The number of nitrogens with zero attached hydrogens (tertiary/aromatic N) is 1. The van der Waals surface area contributed by atoms with E-state index in [0.29, 0.717) is 17.3 Å². The van der Waals surface area contributed by atoms with Gasteiger partial charge < -0.3 is 10.4 Å². The first-order valence-corrected chi connectivity index (χ1v) is 6.18. The SMILES string of the molecule is CCCC(Nc1ccc(Br)cc1[N+](=O)[O-])C(=O)O. The molecule has 0 radical (unpaired) electrons. The van der Waals surface area contributed by atoms with Gasteiger partial charge in [0.2, 0.25) is 0 Å². The van der Waals surface area contributed by atoms with E-state index in [9.17, 15) is 14.9 Å². The molecule has 6 nitrogen and oxygen atoms in total. The summed E-state index contributed by atoms with van der Waals surface area (Å²) in [5.74, 6) is -1.02. The lowest BCUT2D eigenvalue weighted by Crippen LogP contribution is -2.29. The van der Waals surface area contributed by atoms with Gasteiger partial charge in [0.1, 0.15) is 11.7 Å². The zero-order chi connectivity index (χ0) is 13.7. The van der Waals surface area contributed by atoms with Gasteiger partial charge in [0.15, 0.2) is 0 Å². The van der Waals surface area contributed by atoms with Crippen molar-refractivity contribution in [2.45, 2.75) is 25.8 Å². The Labute approximate surface area is 112 Å². The quantitative estimate of drug-likeness (QED) is 0.621. The molecule has 0 saturated heterocycles. The monoisotopic (exact) mass is 316 g/mol. The summed E-state index contributed by atoms with van der Waals surface area (Å²) >= 11 is 3.14. The predicted octanol–water partition coefficient (Wildman–Crippen LogP) is 3.02. The van der Waals surface area contributed by atoms with E-state index in [1.807, 2.05) is 6.92 Å². The molecule has 0 heterocycles. The van der Waals surface area contributed by atoms with Crippen molar-refractivity contribution in [2.24, 2.45) is 0 Å². The molecule has 7 heteroatoms. The third-order valence-electron chi connectivity index (χ3n) is 2.36. The average molecular weight is 317 g/mol. The molecule has 0 aliphatic heterocycles. The Morgan fingerprint density at radius 3 is 2.78 bits per heavy atom. The van der Waals surface area contributed by atoms with Crippen molar-refractivity contribution < 1.29 is 14.8 Å². The molecular formula is C11H13BrN2O4. The molecule has 0 aliphatic carbocycles. The molecule has 18 heavy (non-hydrogen) atoms. The summed E-state index contributed by atoms with van der Waals surface area (Å²) in [6.45, 7) is 1.85. The van der Waals surface area contributed by atoms with E-state index in [1.165, 1.54) is 12.1 Å². The van der Waals surface area contributed by atoms with Crippen LogP contribution >= 0.6 is 15.9 Å². The minimum atomic E-state index is -1.02. The van der Waals surface area contributed by atoms with Gasteiger partial charge in [-0.15, -0.1) is 0 Å². The van der Waals surface area contributed by atoms with Crippen LogP contribution in [0.25, 0.3) is 0 Å². The van der Waals surface area contributed by atoms with Crippen molar-refractivity contribution in [1.82, 2.24) is 0 Å². The first kappa shape index (κ1) is 14.4. The van der Waals surface area contributed by atoms with E-state index >= 15 is 0 Å². The minimum Gasteiger partial charge on any atom is -0.480 e. The van der Waals surface area contributed by atoms with Gasteiger partial charge in [-0.25, -0.2) is 4.79 Å². The predicted molar refractivity (Wildman–Crippen MR) is 70.8 cm³/mol. The number of carbonyl (C=O) groups is 1. The molecule has 1 unspecified atom stereocenters. The molecule has 0 amide bonds. The number of benzene rings is 1. The summed E-state index contributed by atoms with van der Waals surface area (Å²) in [5.41, 5.74) is 0.0655. The molecule has 2 N–H and O–H groups in total. The van der Waals surface area contributed by atoms with Crippen molar-refractivity contribution in [1.29, 1.82) is 0 Å². The standard InChI is InChI=1S/C11H13BrN2O4/c1-2-3-9(11(15)16)13-8-5-4-7(12)6-10(8)14(17)18/h4-6,9,13H,2-3H2,1H3,(H,15,16). The van der Waals surface area contributed by atoms with Gasteiger partial charge in [-0.1, -0.05) is 29.3 Å². The number of carboxylic acids is 1. The summed E-state index contributed by atoms with van der Waals surface area (Å²) in [4.78, 5) is 21.3. The highest BCUT2D eigenvalue weighted by atomic mass is 79.9. The molecule has 0 spiro atoms.